The van der Waals surface area contributed by atoms with Gasteiger partial charge in [0.1, 0.15) is 0 Å². The van der Waals surface area contributed by atoms with E-state index in [0.29, 0.717) is 8.96 Å². The van der Waals surface area contributed by atoms with Gasteiger partial charge in [-0.2, -0.15) is 0 Å². The molecule has 1 aromatic carbocycles. The Kier molecular flexibility index (Phi) is 4.83. The lowest BCUT2D eigenvalue weighted by Crippen LogP contribution is -2.02. The summed E-state index contributed by atoms with van der Waals surface area (Å²) in [7, 11) is 1.25. The molecule has 0 aliphatic carbocycles. The first-order valence-electron chi connectivity index (χ1n) is 4.35. The van der Waals surface area contributed by atoms with Crippen LogP contribution in [-0.2, 0) is 4.74 Å². The van der Waals surface area contributed by atoms with E-state index >= 15 is 0 Å². The Hall–Kier alpha value is -1.21. The number of halogens is 2. The summed E-state index contributed by atoms with van der Waals surface area (Å²) < 4.78 is 5.08. The molecule has 0 saturated carbocycles. The van der Waals surface area contributed by atoms with Crippen molar-refractivity contribution in [1.82, 2.24) is 0 Å². The molecule has 1 rings (SSSR count). The van der Waals surface area contributed by atoms with E-state index in [4.69, 9.17) is 0 Å². The van der Waals surface area contributed by atoms with Crippen LogP contribution in [0.1, 0.15) is 15.9 Å². The van der Waals surface area contributed by atoms with Crippen LogP contribution in [0, 0.1) is 10.1 Å². The number of rotatable bonds is 3. The van der Waals surface area contributed by atoms with E-state index in [-0.39, 0.29) is 11.3 Å². The SMILES string of the molecule is COC(=O)c1ccc([N+](=O)[O-])c(C=C(Br)Br)c1. The third-order valence-electron chi connectivity index (χ3n) is 1.91. The van der Waals surface area contributed by atoms with Gasteiger partial charge in [-0.1, -0.05) is 0 Å². The number of nitro groups is 1. The molecule has 0 saturated heterocycles. The molecule has 0 aliphatic rings. The molecule has 0 unspecified atom stereocenters. The van der Waals surface area contributed by atoms with Crippen LogP contribution in [0.25, 0.3) is 6.08 Å². The van der Waals surface area contributed by atoms with Gasteiger partial charge in [-0.05, 0) is 50.1 Å². The number of carbonyl (C=O) groups excluding carboxylic acids is 1. The molecule has 0 atom stereocenters. The lowest BCUT2D eigenvalue weighted by molar-refractivity contribution is -0.385. The number of esters is 1. The minimum Gasteiger partial charge on any atom is -0.465 e. The average Bonchev–Trinajstić information content (AvgIpc) is 2.26. The highest BCUT2D eigenvalue weighted by Gasteiger charge is 2.15. The monoisotopic (exact) mass is 363 g/mol. The van der Waals surface area contributed by atoms with Crippen LogP contribution >= 0.6 is 31.9 Å². The molecule has 5 nitrogen and oxygen atoms in total. The third-order valence-corrected chi connectivity index (χ3v) is 2.37. The summed E-state index contributed by atoms with van der Waals surface area (Å²) in [6.07, 6.45) is 1.49. The van der Waals surface area contributed by atoms with Gasteiger partial charge in [-0.25, -0.2) is 4.79 Å². The van der Waals surface area contributed by atoms with Gasteiger partial charge in [0.25, 0.3) is 5.69 Å². The van der Waals surface area contributed by atoms with Crippen LogP contribution in [0.3, 0.4) is 0 Å². The van der Waals surface area contributed by atoms with E-state index in [1.165, 1.54) is 31.4 Å². The van der Waals surface area contributed by atoms with Crippen molar-refractivity contribution < 1.29 is 14.5 Å². The minimum atomic E-state index is -0.541. The predicted molar refractivity (Wildman–Crippen MR) is 70.3 cm³/mol. The van der Waals surface area contributed by atoms with Crippen LogP contribution in [0.5, 0.6) is 0 Å². The number of hydrogen-bond acceptors (Lipinski definition) is 4. The number of nitro benzene ring substituents is 1. The molecule has 0 amide bonds. The zero-order valence-electron chi connectivity index (χ0n) is 8.65. The van der Waals surface area contributed by atoms with E-state index in [1.807, 2.05) is 0 Å². The predicted octanol–water partition coefficient (Wildman–Crippen LogP) is 3.47. The summed E-state index contributed by atoms with van der Waals surface area (Å²) in [6, 6.07) is 4.01. The van der Waals surface area contributed by atoms with Crippen LogP contribution in [0.15, 0.2) is 21.6 Å². The molecule has 0 radical (unpaired) electrons. The van der Waals surface area contributed by atoms with E-state index in [1.54, 1.807) is 0 Å². The topological polar surface area (TPSA) is 69.4 Å². The molecular formula is C10H7Br2NO4. The fraction of sp³-hybridized carbons (Fsp3) is 0.100. The minimum absolute atomic E-state index is 0.0888. The van der Waals surface area contributed by atoms with Gasteiger partial charge in [-0.15, -0.1) is 0 Å². The van der Waals surface area contributed by atoms with Crippen LogP contribution in [-0.4, -0.2) is 18.0 Å². The summed E-state index contributed by atoms with van der Waals surface area (Å²) in [6.45, 7) is 0. The summed E-state index contributed by atoms with van der Waals surface area (Å²) in [5.41, 5.74) is 0.473. The second-order valence-electron chi connectivity index (χ2n) is 2.96. The smallest absolute Gasteiger partial charge is 0.337 e. The van der Waals surface area contributed by atoms with Gasteiger partial charge in [0.2, 0.25) is 0 Å². The van der Waals surface area contributed by atoms with E-state index in [2.05, 4.69) is 36.6 Å². The Morgan fingerprint density at radius 1 is 1.47 bits per heavy atom. The van der Waals surface area contributed by atoms with Gasteiger partial charge in [-0.3, -0.25) is 10.1 Å². The Morgan fingerprint density at radius 3 is 2.59 bits per heavy atom. The number of benzene rings is 1. The molecule has 0 aromatic heterocycles. The number of hydrogen-bond donors (Lipinski definition) is 0. The van der Waals surface area contributed by atoms with Crippen molar-refractivity contribution in [2.24, 2.45) is 0 Å². The first-order chi connectivity index (χ1) is 7.95. The molecule has 1 aromatic rings. The number of ether oxygens (including phenoxy) is 1. The van der Waals surface area contributed by atoms with Crippen molar-refractivity contribution in [1.29, 1.82) is 0 Å². The second-order valence-corrected chi connectivity index (χ2v) is 5.73. The fourth-order valence-electron chi connectivity index (χ4n) is 1.20. The lowest BCUT2D eigenvalue weighted by Gasteiger charge is -2.02. The average molecular weight is 365 g/mol. The molecule has 0 aliphatic heterocycles. The summed E-state index contributed by atoms with van der Waals surface area (Å²) in [4.78, 5) is 21.6. The quantitative estimate of drug-likeness (QED) is 0.467. The van der Waals surface area contributed by atoms with Crippen molar-refractivity contribution >= 4 is 49.6 Å². The van der Waals surface area contributed by atoms with Gasteiger partial charge in [0.05, 0.1) is 26.6 Å². The molecule has 0 spiro atoms. The van der Waals surface area contributed by atoms with Crippen molar-refractivity contribution in [3.8, 4) is 0 Å². The van der Waals surface area contributed by atoms with Crippen molar-refractivity contribution in [2.45, 2.75) is 0 Å². The maximum atomic E-state index is 11.3. The summed E-state index contributed by atoms with van der Waals surface area (Å²) in [5.74, 6) is -0.541. The summed E-state index contributed by atoms with van der Waals surface area (Å²) in [5, 5.41) is 10.8. The standard InChI is InChI=1S/C10H7Br2NO4/c1-17-10(14)6-2-3-8(13(15)16)7(4-6)5-9(11)12/h2-5H,1H3. The zero-order valence-corrected chi connectivity index (χ0v) is 11.8. The van der Waals surface area contributed by atoms with E-state index in [9.17, 15) is 14.9 Å². The van der Waals surface area contributed by atoms with Crippen LogP contribution in [0.2, 0.25) is 0 Å². The van der Waals surface area contributed by atoms with Gasteiger partial charge >= 0.3 is 5.97 Å². The van der Waals surface area contributed by atoms with Crippen LogP contribution in [0.4, 0.5) is 5.69 Å². The maximum Gasteiger partial charge on any atom is 0.337 e. The Balaban J connectivity index is 3.34. The van der Waals surface area contributed by atoms with Crippen LogP contribution < -0.4 is 0 Å². The Labute approximate surface area is 114 Å². The van der Waals surface area contributed by atoms with Crippen molar-refractivity contribution in [3.63, 3.8) is 0 Å². The van der Waals surface area contributed by atoms with E-state index in [0.717, 1.165) is 0 Å². The number of nitrogens with zero attached hydrogens (tertiary/aromatic N) is 1. The van der Waals surface area contributed by atoms with Gasteiger partial charge in [0.15, 0.2) is 0 Å². The summed E-state index contributed by atoms with van der Waals surface area (Å²) >= 11 is 6.22. The van der Waals surface area contributed by atoms with Crippen molar-refractivity contribution in [3.05, 3.63) is 42.8 Å². The first kappa shape index (κ1) is 13.9. The molecule has 17 heavy (non-hydrogen) atoms. The molecule has 90 valence electrons. The Morgan fingerprint density at radius 2 is 2.12 bits per heavy atom. The Bertz CT molecular complexity index is 495. The number of carbonyl (C=O) groups is 1. The molecular weight excluding hydrogens is 358 g/mol. The molecule has 0 fully saturated rings. The zero-order chi connectivity index (χ0) is 13.0. The molecule has 0 heterocycles. The maximum absolute atomic E-state index is 11.3. The third kappa shape index (κ3) is 3.64. The largest absolute Gasteiger partial charge is 0.465 e. The van der Waals surface area contributed by atoms with Gasteiger partial charge in [0, 0.05) is 6.07 Å². The molecule has 7 heteroatoms. The highest BCUT2D eigenvalue weighted by molar-refractivity contribution is 9.28. The molecule has 0 N–H and O–H groups in total. The van der Waals surface area contributed by atoms with Crippen molar-refractivity contribution in [2.75, 3.05) is 7.11 Å². The highest BCUT2D eigenvalue weighted by atomic mass is 79.9. The first-order valence-corrected chi connectivity index (χ1v) is 5.93. The van der Waals surface area contributed by atoms with Gasteiger partial charge < -0.3 is 4.74 Å². The second kappa shape index (κ2) is 5.92. The normalized spacial score (nSPS) is 9.59. The number of methoxy groups -OCH3 is 1. The fourth-order valence-corrected chi connectivity index (χ4v) is 1.69. The van der Waals surface area contributed by atoms with E-state index < -0.39 is 10.9 Å². The lowest BCUT2D eigenvalue weighted by atomic mass is 10.1. The molecule has 0 bridgehead atoms. The highest BCUT2D eigenvalue weighted by Crippen LogP contribution is 2.26.